The minimum absolute atomic E-state index is 0.0305. The van der Waals surface area contributed by atoms with Crippen molar-refractivity contribution in [2.24, 2.45) is 5.92 Å². The van der Waals surface area contributed by atoms with E-state index in [0.29, 0.717) is 32.2 Å². The van der Waals surface area contributed by atoms with Crippen LogP contribution >= 0.6 is 0 Å². The number of urea groups is 1. The molecule has 1 aliphatic heterocycles. The molecule has 33 heavy (non-hydrogen) atoms. The van der Waals surface area contributed by atoms with Crippen LogP contribution in [-0.2, 0) is 10.2 Å². The Hall–Kier alpha value is -2.12. The highest BCUT2D eigenvalue weighted by atomic mass is 16.3. The fourth-order valence-electron chi connectivity index (χ4n) is 6.93. The molecule has 3 amide bonds. The highest BCUT2D eigenvalue weighted by molar-refractivity contribution is 5.85. The number of amides is 3. The molecule has 4 atom stereocenters. The van der Waals surface area contributed by atoms with Gasteiger partial charge in [-0.05, 0) is 102 Å². The topological polar surface area (TPSA) is 93.1 Å². The monoisotopic (exact) mass is 457 g/mol. The average molecular weight is 458 g/mol. The van der Waals surface area contributed by atoms with Crippen LogP contribution in [0, 0.1) is 12.8 Å². The van der Waals surface area contributed by atoms with E-state index in [1.54, 1.807) is 11.0 Å². The predicted octanol–water partition coefficient (Wildman–Crippen LogP) is 3.30. The number of imide groups is 1. The maximum absolute atomic E-state index is 12.8. The summed E-state index contributed by atoms with van der Waals surface area (Å²) in [5.74, 6) is 0.932. The fourth-order valence-corrected chi connectivity index (χ4v) is 6.93. The minimum atomic E-state index is -0.987. The summed E-state index contributed by atoms with van der Waals surface area (Å²) in [6.07, 6.45) is 5.50. The second kappa shape index (κ2) is 8.58. The van der Waals surface area contributed by atoms with Crippen molar-refractivity contribution in [2.75, 3.05) is 19.6 Å². The molecule has 3 aliphatic rings. The van der Waals surface area contributed by atoms with Gasteiger partial charge in [0, 0.05) is 30.1 Å². The molecule has 4 unspecified atom stereocenters. The first-order valence-electron chi connectivity index (χ1n) is 12.4. The van der Waals surface area contributed by atoms with Crippen LogP contribution in [0.5, 0.6) is 5.75 Å². The Morgan fingerprint density at radius 2 is 2.03 bits per heavy atom. The van der Waals surface area contributed by atoms with Crippen molar-refractivity contribution in [2.45, 2.75) is 88.8 Å². The summed E-state index contributed by atoms with van der Waals surface area (Å²) in [5.41, 5.74) is -0.125. The van der Waals surface area contributed by atoms with Gasteiger partial charge in [-0.15, -0.1) is 0 Å². The van der Waals surface area contributed by atoms with Gasteiger partial charge in [0.25, 0.3) is 0 Å². The van der Waals surface area contributed by atoms with Gasteiger partial charge in [0.15, 0.2) is 0 Å². The zero-order chi connectivity index (χ0) is 24.0. The van der Waals surface area contributed by atoms with E-state index >= 15 is 0 Å². The molecule has 0 aromatic heterocycles. The number of aliphatic hydroxyl groups is 1. The van der Waals surface area contributed by atoms with Gasteiger partial charge in [-0.25, -0.2) is 4.79 Å². The molecule has 1 heterocycles. The molecular formula is C26H39N3O4. The van der Waals surface area contributed by atoms with Gasteiger partial charge in [0.2, 0.25) is 6.41 Å². The summed E-state index contributed by atoms with van der Waals surface area (Å²) < 4.78 is 0. The number of aryl methyl sites for hydroxylation is 1. The molecule has 3 N–H and O–H groups in total. The van der Waals surface area contributed by atoms with Crippen molar-refractivity contribution < 1.29 is 19.8 Å². The zero-order valence-electron chi connectivity index (χ0n) is 20.4. The number of carbonyl (C=O) groups is 2. The van der Waals surface area contributed by atoms with E-state index in [1.807, 2.05) is 26.0 Å². The van der Waals surface area contributed by atoms with E-state index in [2.05, 4.69) is 24.1 Å². The van der Waals surface area contributed by atoms with Crippen molar-refractivity contribution in [1.82, 2.24) is 15.1 Å². The molecule has 4 rings (SSSR count). The molecule has 0 spiro atoms. The largest absolute Gasteiger partial charge is 0.508 e. The Kier molecular flexibility index (Phi) is 6.25. The highest BCUT2D eigenvalue weighted by Crippen LogP contribution is 2.58. The van der Waals surface area contributed by atoms with Gasteiger partial charge < -0.3 is 15.1 Å². The maximum Gasteiger partial charge on any atom is 0.324 e. The molecule has 1 aromatic rings. The van der Waals surface area contributed by atoms with Gasteiger partial charge in [-0.3, -0.25) is 15.0 Å². The molecule has 2 saturated carbocycles. The first-order chi connectivity index (χ1) is 15.6. The summed E-state index contributed by atoms with van der Waals surface area (Å²) in [5, 5.41) is 25.2. The van der Waals surface area contributed by atoms with E-state index in [0.717, 1.165) is 36.6 Å². The van der Waals surface area contributed by atoms with Gasteiger partial charge >= 0.3 is 6.03 Å². The van der Waals surface area contributed by atoms with E-state index in [9.17, 15) is 19.8 Å². The summed E-state index contributed by atoms with van der Waals surface area (Å²) >= 11 is 0. The number of aromatic hydroxyl groups is 1. The number of likely N-dealkylation sites (tertiary alicyclic amines) is 1. The Morgan fingerprint density at radius 1 is 1.30 bits per heavy atom. The Bertz CT molecular complexity index is 919. The number of piperidine rings is 1. The number of hydrogen-bond donors (Lipinski definition) is 3. The summed E-state index contributed by atoms with van der Waals surface area (Å²) in [6, 6.07) is 5.00. The maximum atomic E-state index is 12.8. The Morgan fingerprint density at radius 3 is 2.67 bits per heavy atom. The molecule has 7 heteroatoms. The predicted molar refractivity (Wildman–Crippen MR) is 127 cm³/mol. The zero-order valence-corrected chi connectivity index (χ0v) is 20.4. The average Bonchev–Trinajstić information content (AvgIpc) is 3.59. The van der Waals surface area contributed by atoms with E-state index < -0.39 is 22.6 Å². The number of carbonyl (C=O) groups excluding carboxylic acids is 2. The van der Waals surface area contributed by atoms with Crippen molar-refractivity contribution in [3.63, 3.8) is 0 Å². The third-order valence-electron chi connectivity index (χ3n) is 8.94. The summed E-state index contributed by atoms with van der Waals surface area (Å²) in [4.78, 5) is 28.0. The normalized spacial score (nSPS) is 34.4. The Labute approximate surface area is 197 Å². The lowest BCUT2D eigenvalue weighted by Crippen LogP contribution is -2.73. The van der Waals surface area contributed by atoms with E-state index in [1.165, 1.54) is 12.8 Å². The second-order valence-corrected chi connectivity index (χ2v) is 10.9. The van der Waals surface area contributed by atoms with Crippen LogP contribution in [-0.4, -0.2) is 69.3 Å². The molecular weight excluding hydrogens is 418 g/mol. The molecule has 3 fully saturated rings. The first kappa shape index (κ1) is 24.0. The molecule has 0 radical (unpaired) electrons. The van der Waals surface area contributed by atoms with Crippen molar-refractivity contribution in [1.29, 1.82) is 0 Å². The van der Waals surface area contributed by atoms with Crippen LogP contribution in [0.4, 0.5) is 4.79 Å². The molecule has 1 saturated heterocycles. The van der Waals surface area contributed by atoms with Crippen LogP contribution in [0.3, 0.4) is 0 Å². The third-order valence-corrected chi connectivity index (χ3v) is 8.94. The standard InChI is InChI=1S/C26H39N3O4/c1-5-29(23(32)27-17-30)24(4)10-11-26(33)19(3)28(15-20-7-8-20)13-12-25(26,16-24)22-14-21(31)9-6-18(22)2/h6,9,14,17,19-20,31,33H,5,7-8,10-13,15-16H2,1-4H3,(H,27,30,32). The van der Waals surface area contributed by atoms with Gasteiger partial charge in [-0.1, -0.05) is 6.07 Å². The minimum Gasteiger partial charge on any atom is -0.508 e. The third kappa shape index (κ3) is 3.93. The lowest BCUT2D eigenvalue weighted by Gasteiger charge is -2.64. The molecule has 182 valence electrons. The van der Waals surface area contributed by atoms with Gasteiger partial charge in [0.05, 0.1) is 5.60 Å². The smallest absolute Gasteiger partial charge is 0.324 e. The van der Waals surface area contributed by atoms with Crippen LogP contribution in [0.1, 0.15) is 70.4 Å². The Balaban J connectivity index is 1.80. The van der Waals surface area contributed by atoms with Gasteiger partial charge in [-0.2, -0.15) is 0 Å². The fraction of sp³-hybridized carbons (Fsp3) is 0.692. The van der Waals surface area contributed by atoms with Crippen LogP contribution in [0.15, 0.2) is 18.2 Å². The van der Waals surface area contributed by atoms with Gasteiger partial charge in [0.1, 0.15) is 5.75 Å². The van der Waals surface area contributed by atoms with E-state index in [4.69, 9.17) is 0 Å². The number of hydrogen-bond acceptors (Lipinski definition) is 5. The van der Waals surface area contributed by atoms with E-state index in [-0.39, 0.29) is 11.8 Å². The van der Waals surface area contributed by atoms with Crippen LogP contribution < -0.4 is 5.32 Å². The number of fused-ring (bicyclic) bond motifs is 1. The molecule has 7 nitrogen and oxygen atoms in total. The SMILES string of the molecule is CCN(C(=O)NC=O)C1(C)CCC2(O)C(C)N(CC3CC3)CCC2(c2cc(O)ccc2C)C1. The number of nitrogens with zero attached hydrogens (tertiary/aromatic N) is 2. The first-order valence-corrected chi connectivity index (χ1v) is 12.4. The number of nitrogens with one attached hydrogen (secondary N) is 1. The number of phenols is 1. The highest BCUT2D eigenvalue weighted by Gasteiger charge is 2.64. The second-order valence-electron chi connectivity index (χ2n) is 10.9. The molecule has 1 aromatic carbocycles. The van der Waals surface area contributed by atoms with Crippen molar-refractivity contribution in [3.8, 4) is 5.75 Å². The van der Waals surface area contributed by atoms with Crippen LogP contribution in [0.25, 0.3) is 0 Å². The quantitative estimate of drug-likeness (QED) is 0.570. The van der Waals surface area contributed by atoms with Crippen LogP contribution in [0.2, 0.25) is 0 Å². The molecule has 0 bridgehead atoms. The summed E-state index contributed by atoms with van der Waals surface area (Å²) in [6.45, 7) is 10.5. The number of rotatable bonds is 6. The lowest BCUT2D eigenvalue weighted by atomic mass is 9.49. The van der Waals surface area contributed by atoms with Crippen molar-refractivity contribution >= 4 is 12.4 Å². The lowest BCUT2D eigenvalue weighted by molar-refractivity contribution is -0.175. The molecule has 2 aliphatic carbocycles. The summed E-state index contributed by atoms with van der Waals surface area (Å²) in [7, 11) is 0. The number of benzene rings is 1. The number of phenolic OH excluding ortho intramolecular Hbond substituents is 1. The van der Waals surface area contributed by atoms with Crippen molar-refractivity contribution in [3.05, 3.63) is 29.3 Å².